The summed E-state index contributed by atoms with van der Waals surface area (Å²) in [6.07, 6.45) is 0. The average molecular weight is 523 g/mol. The molecule has 4 N–H and O–H groups in total. The van der Waals surface area contributed by atoms with E-state index in [1.807, 2.05) is 13.8 Å². The number of nitrogens with one attached hydrogen (secondary N) is 4. The van der Waals surface area contributed by atoms with Gasteiger partial charge in [0.25, 0.3) is 11.8 Å². The molecule has 36 heavy (non-hydrogen) atoms. The predicted molar refractivity (Wildman–Crippen MR) is 144 cm³/mol. The highest BCUT2D eigenvalue weighted by atomic mass is 35.5. The van der Waals surface area contributed by atoms with Crippen LogP contribution in [0, 0.1) is 5.92 Å². The molecule has 0 saturated heterocycles. The Bertz CT molecular complexity index is 1460. The summed E-state index contributed by atoms with van der Waals surface area (Å²) in [7, 11) is 0. The van der Waals surface area contributed by atoms with E-state index in [0.717, 1.165) is 10.9 Å². The van der Waals surface area contributed by atoms with E-state index in [1.54, 1.807) is 66.7 Å². The lowest BCUT2D eigenvalue weighted by Gasteiger charge is -2.11. The SMILES string of the molecule is CC(C)C(=O)NCc1ccc(Cl)c(C(=O)Nc2ccc3cc(C(=O)Nc4cccc(Cl)c4)[nH]c3c2)c1. The van der Waals surface area contributed by atoms with Gasteiger partial charge < -0.3 is 20.9 Å². The van der Waals surface area contributed by atoms with Crippen LogP contribution in [0.1, 0.15) is 40.3 Å². The molecule has 0 fully saturated rings. The van der Waals surface area contributed by atoms with Crippen LogP contribution in [-0.2, 0) is 11.3 Å². The van der Waals surface area contributed by atoms with Crippen LogP contribution in [0.2, 0.25) is 10.0 Å². The van der Waals surface area contributed by atoms with Gasteiger partial charge in [0.1, 0.15) is 5.69 Å². The summed E-state index contributed by atoms with van der Waals surface area (Å²) in [6, 6.07) is 19.0. The zero-order chi connectivity index (χ0) is 25.8. The van der Waals surface area contributed by atoms with Gasteiger partial charge in [-0.15, -0.1) is 0 Å². The maximum Gasteiger partial charge on any atom is 0.272 e. The van der Waals surface area contributed by atoms with E-state index in [2.05, 4.69) is 20.9 Å². The number of carbonyl (C=O) groups excluding carboxylic acids is 3. The molecular weight excluding hydrogens is 499 g/mol. The van der Waals surface area contributed by atoms with E-state index in [4.69, 9.17) is 23.2 Å². The average Bonchev–Trinajstić information content (AvgIpc) is 3.27. The van der Waals surface area contributed by atoms with Gasteiger partial charge in [0, 0.05) is 39.8 Å². The quantitative estimate of drug-likeness (QED) is 0.230. The van der Waals surface area contributed by atoms with E-state index in [9.17, 15) is 14.4 Å². The first-order valence-corrected chi connectivity index (χ1v) is 12.0. The molecule has 0 bridgehead atoms. The summed E-state index contributed by atoms with van der Waals surface area (Å²) in [5, 5.41) is 10.1. The number of amides is 3. The van der Waals surface area contributed by atoms with Crippen molar-refractivity contribution in [3.63, 3.8) is 0 Å². The Kier molecular flexibility index (Phi) is 7.62. The van der Waals surface area contributed by atoms with Crippen LogP contribution in [-0.4, -0.2) is 22.7 Å². The standard InChI is InChI=1S/C27H24Cl2N4O3/c1-15(2)25(34)30-14-16-6-9-22(29)21(10-16)26(35)31-20-8-7-17-11-24(33-23(17)13-20)27(36)32-19-5-3-4-18(28)12-19/h3-13,15,33H,14H2,1-2H3,(H,30,34)(H,31,35)(H,32,36). The molecule has 184 valence electrons. The number of halogens is 2. The van der Waals surface area contributed by atoms with Gasteiger partial charge in [-0.05, 0) is 54.1 Å². The molecule has 9 heteroatoms. The van der Waals surface area contributed by atoms with Crippen LogP contribution in [0.15, 0.2) is 66.7 Å². The maximum atomic E-state index is 12.9. The fourth-order valence-corrected chi connectivity index (χ4v) is 3.93. The van der Waals surface area contributed by atoms with Crippen molar-refractivity contribution in [1.82, 2.24) is 10.3 Å². The number of carbonyl (C=O) groups is 3. The third-order valence-corrected chi connectivity index (χ3v) is 6.04. The first-order valence-electron chi connectivity index (χ1n) is 11.3. The molecule has 0 unspecified atom stereocenters. The summed E-state index contributed by atoms with van der Waals surface area (Å²) in [5.74, 6) is -0.906. The minimum Gasteiger partial charge on any atom is -0.352 e. The van der Waals surface area contributed by atoms with E-state index < -0.39 is 0 Å². The highest BCUT2D eigenvalue weighted by molar-refractivity contribution is 6.34. The number of rotatable bonds is 7. The topological polar surface area (TPSA) is 103 Å². The van der Waals surface area contributed by atoms with Crippen molar-refractivity contribution in [3.8, 4) is 0 Å². The van der Waals surface area contributed by atoms with E-state index in [0.29, 0.717) is 44.7 Å². The van der Waals surface area contributed by atoms with Gasteiger partial charge in [0.15, 0.2) is 0 Å². The Balaban J connectivity index is 1.47. The normalized spacial score (nSPS) is 10.9. The van der Waals surface area contributed by atoms with Crippen molar-refractivity contribution in [2.75, 3.05) is 10.6 Å². The van der Waals surface area contributed by atoms with Gasteiger partial charge in [-0.2, -0.15) is 0 Å². The van der Waals surface area contributed by atoms with Gasteiger partial charge in [-0.25, -0.2) is 0 Å². The van der Waals surface area contributed by atoms with Crippen molar-refractivity contribution in [2.24, 2.45) is 5.92 Å². The van der Waals surface area contributed by atoms with Gasteiger partial charge in [0.2, 0.25) is 5.91 Å². The Morgan fingerprint density at radius 3 is 2.36 bits per heavy atom. The molecule has 0 aliphatic heterocycles. The smallest absolute Gasteiger partial charge is 0.272 e. The minimum absolute atomic E-state index is 0.0733. The first-order chi connectivity index (χ1) is 17.2. The van der Waals surface area contributed by atoms with Gasteiger partial charge in [-0.1, -0.05) is 55.2 Å². The highest BCUT2D eigenvalue weighted by Gasteiger charge is 2.15. The number of aromatic nitrogens is 1. The molecule has 0 radical (unpaired) electrons. The molecule has 0 aliphatic carbocycles. The van der Waals surface area contributed by atoms with Crippen LogP contribution < -0.4 is 16.0 Å². The molecule has 1 heterocycles. The fraction of sp³-hybridized carbons (Fsp3) is 0.148. The Hall–Kier alpha value is -3.81. The molecule has 1 aromatic heterocycles. The second-order valence-corrected chi connectivity index (χ2v) is 9.43. The Morgan fingerprint density at radius 2 is 1.61 bits per heavy atom. The van der Waals surface area contributed by atoms with Gasteiger partial charge in [0.05, 0.1) is 10.6 Å². The second-order valence-electron chi connectivity index (χ2n) is 8.59. The zero-order valence-corrected chi connectivity index (χ0v) is 21.1. The third kappa shape index (κ3) is 6.05. The number of hydrogen-bond donors (Lipinski definition) is 4. The molecule has 0 atom stereocenters. The molecule has 4 aromatic rings. The molecule has 4 rings (SSSR count). The Labute approximate surface area is 218 Å². The largest absolute Gasteiger partial charge is 0.352 e. The zero-order valence-electron chi connectivity index (χ0n) is 19.6. The highest BCUT2D eigenvalue weighted by Crippen LogP contribution is 2.24. The van der Waals surface area contributed by atoms with Gasteiger partial charge >= 0.3 is 0 Å². The summed E-state index contributed by atoms with van der Waals surface area (Å²) >= 11 is 12.3. The third-order valence-electron chi connectivity index (χ3n) is 5.47. The maximum absolute atomic E-state index is 12.9. The summed E-state index contributed by atoms with van der Waals surface area (Å²) in [4.78, 5) is 40.5. The van der Waals surface area contributed by atoms with Crippen LogP contribution >= 0.6 is 23.2 Å². The monoisotopic (exact) mass is 522 g/mol. The number of H-pyrrole nitrogens is 1. The van der Waals surface area contributed by atoms with Crippen LogP contribution in [0.25, 0.3) is 10.9 Å². The van der Waals surface area contributed by atoms with Crippen LogP contribution in [0.5, 0.6) is 0 Å². The molecular formula is C27H24Cl2N4O3. The van der Waals surface area contributed by atoms with Gasteiger partial charge in [-0.3, -0.25) is 14.4 Å². The summed E-state index contributed by atoms with van der Waals surface area (Å²) in [6.45, 7) is 3.92. The number of fused-ring (bicyclic) bond motifs is 1. The molecule has 3 aromatic carbocycles. The summed E-state index contributed by atoms with van der Waals surface area (Å²) < 4.78 is 0. The van der Waals surface area contributed by atoms with Crippen LogP contribution in [0.3, 0.4) is 0 Å². The first kappa shape index (κ1) is 25.3. The molecule has 0 saturated carbocycles. The lowest BCUT2D eigenvalue weighted by atomic mass is 10.1. The predicted octanol–water partition coefficient (Wildman–Crippen LogP) is 6.25. The lowest BCUT2D eigenvalue weighted by Crippen LogP contribution is -2.27. The van der Waals surface area contributed by atoms with Crippen molar-refractivity contribution >= 4 is 63.2 Å². The summed E-state index contributed by atoms with van der Waals surface area (Å²) in [5.41, 5.74) is 3.22. The fourth-order valence-electron chi connectivity index (χ4n) is 3.54. The molecule has 7 nitrogen and oxygen atoms in total. The minimum atomic E-state index is -0.387. The molecule has 0 aliphatic rings. The number of aromatic amines is 1. The molecule has 0 spiro atoms. The Morgan fingerprint density at radius 1 is 0.861 bits per heavy atom. The van der Waals surface area contributed by atoms with Crippen molar-refractivity contribution in [1.29, 1.82) is 0 Å². The lowest BCUT2D eigenvalue weighted by molar-refractivity contribution is -0.124. The van der Waals surface area contributed by atoms with Crippen molar-refractivity contribution < 1.29 is 14.4 Å². The van der Waals surface area contributed by atoms with E-state index >= 15 is 0 Å². The number of anilines is 2. The van der Waals surface area contributed by atoms with Crippen molar-refractivity contribution in [3.05, 3.63) is 93.6 Å². The van der Waals surface area contributed by atoms with E-state index in [1.165, 1.54) is 0 Å². The van der Waals surface area contributed by atoms with Crippen LogP contribution in [0.4, 0.5) is 11.4 Å². The van der Waals surface area contributed by atoms with E-state index in [-0.39, 0.29) is 23.6 Å². The molecule has 3 amide bonds. The number of benzene rings is 3. The van der Waals surface area contributed by atoms with Crippen molar-refractivity contribution in [2.45, 2.75) is 20.4 Å². The second kappa shape index (κ2) is 10.8. The number of hydrogen-bond acceptors (Lipinski definition) is 3.